The standard InChI is InChI=1S/C8H16.C6H12/c1-3-5-7-8-6-4-2;1-4-5-6(2)3/h3H,1,4-8H2,2H3;2,4-5H2,1,3H3. The van der Waals surface area contributed by atoms with Crippen LogP contribution in [0.2, 0.25) is 0 Å². The molecule has 0 rings (SSSR count). The summed E-state index contributed by atoms with van der Waals surface area (Å²) in [5, 5.41) is 0. The van der Waals surface area contributed by atoms with Gasteiger partial charge in [0.2, 0.25) is 0 Å². The molecule has 0 aliphatic rings. The normalized spacial score (nSPS) is 8.79. The van der Waals surface area contributed by atoms with E-state index in [1.54, 1.807) is 0 Å². The molecule has 0 aromatic heterocycles. The summed E-state index contributed by atoms with van der Waals surface area (Å²) < 4.78 is 0. The molecule has 0 unspecified atom stereocenters. The van der Waals surface area contributed by atoms with E-state index in [9.17, 15) is 0 Å². The average Bonchev–Trinajstić information content (AvgIpc) is 2.13. The second kappa shape index (κ2) is 15.0. The van der Waals surface area contributed by atoms with Crippen LogP contribution in [-0.2, 0) is 0 Å². The van der Waals surface area contributed by atoms with Crippen LogP contribution in [0.15, 0.2) is 24.8 Å². The fourth-order valence-corrected chi connectivity index (χ4v) is 1.14. The quantitative estimate of drug-likeness (QED) is 0.372. The monoisotopic (exact) mass is 196 g/mol. The zero-order chi connectivity index (χ0) is 11.2. The zero-order valence-corrected chi connectivity index (χ0v) is 10.4. The van der Waals surface area contributed by atoms with Crippen molar-refractivity contribution in [1.29, 1.82) is 0 Å². The minimum absolute atomic E-state index is 1.18. The SMILES string of the molecule is C=C(C)CCC.C=CCCCCCC. The van der Waals surface area contributed by atoms with Crippen LogP contribution < -0.4 is 0 Å². The maximum absolute atomic E-state index is 3.74. The lowest BCUT2D eigenvalue weighted by molar-refractivity contribution is 0.675. The van der Waals surface area contributed by atoms with E-state index in [2.05, 4.69) is 33.9 Å². The van der Waals surface area contributed by atoms with Gasteiger partial charge < -0.3 is 0 Å². The number of rotatable bonds is 7. The summed E-state index contributed by atoms with van der Waals surface area (Å²) in [4.78, 5) is 0. The molecule has 0 aromatic carbocycles. The topological polar surface area (TPSA) is 0 Å². The Labute approximate surface area is 91.1 Å². The van der Waals surface area contributed by atoms with Gasteiger partial charge in [0.1, 0.15) is 0 Å². The van der Waals surface area contributed by atoms with E-state index in [4.69, 9.17) is 0 Å². The van der Waals surface area contributed by atoms with Crippen molar-refractivity contribution in [1.82, 2.24) is 0 Å². The van der Waals surface area contributed by atoms with E-state index in [0.29, 0.717) is 0 Å². The molecule has 0 aliphatic carbocycles. The summed E-state index contributed by atoms with van der Waals surface area (Å²) in [7, 11) is 0. The van der Waals surface area contributed by atoms with E-state index in [1.165, 1.54) is 50.5 Å². The Balaban J connectivity index is 0. The fraction of sp³-hybridized carbons (Fsp3) is 0.714. The second-order valence-electron chi connectivity index (χ2n) is 3.85. The molecule has 0 radical (unpaired) electrons. The van der Waals surface area contributed by atoms with Crippen LogP contribution in [0.5, 0.6) is 0 Å². The first-order valence-electron chi connectivity index (χ1n) is 5.94. The highest BCUT2D eigenvalue weighted by atomic mass is 13.9. The third kappa shape index (κ3) is 22.5. The van der Waals surface area contributed by atoms with Crippen LogP contribution in [0, 0.1) is 0 Å². The molecule has 0 heteroatoms. The van der Waals surface area contributed by atoms with Gasteiger partial charge in [0.25, 0.3) is 0 Å². The Morgan fingerprint density at radius 3 is 2.00 bits per heavy atom. The highest BCUT2D eigenvalue weighted by molar-refractivity contribution is 4.86. The minimum Gasteiger partial charge on any atom is -0.103 e. The van der Waals surface area contributed by atoms with Gasteiger partial charge in [0, 0.05) is 0 Å². The van der Waals surface area contributed by atoms with Crippen LogP contribution >= 0.6 is 0 Å². The van der Waals surface area contributed by atoms with Crippen molar-refractivity contribution < 1.29 is 0 Å². The van der Waals surface area contributed by atoms with E-state index in [1.807, 2.05) is 6.08 Å². The van der Waals surface area contributed by atoms with Crippen molar-refractivity contribution in [2.45, 2.75) is 65.7 Å². The number of hydrogen-bond donors (Lipinski definition) is 0. The molecular formula is C14H28. The van der Waals surface area contributed by atoms with Gasteiger partial charge in [-0.25, -0.2) is 0 Å². The molecule has 0 saturated heterocycles. The first kappa shape index (κ1) is 15.9. The fourth-order valence-electron chi connectivity index (χ4n) is 1.14. The number of hydrogen-bond acceptors (Lipinski definition) is 0. The Morgan fingerprint density at radius 1 is 1.07 bits per heavy atom. The largest absolute Gasteiger partial charge is 0.103 e. The number of allylic oxidation sites excluding steroid dienone is 2. The lowest BCUT2D eigenvalue weighted by atomic mass is 10.2. The molecule has 14 heavy (non-hydrogen) atoms. The third-order valence-corrected chi connectivity index (χ3v) is 1.94. The minimum atomic E-state index is 1.18. The Hall–Kier alpha value is -0.520. The van der Waals surface area contributed by atoms with Crippen LogP contribution in [0.1, 0.15) is 65.7 Å². The summed E-state index contributed by atoms with van der Waals surface area (Å²) in [5.41, 5.74) is 1.29. The van der Waals surface area contributed by atoms with Gasteiger partial charge in [-0.05, 0) is 26.2 Å². The van der Waals surface area contributed by atoms with Crippen molar-refractivity contribution in [3.05, 3.63) is 24.8 Å². The van der Waals surface area contributed by atoms with Gasteiger partial charge in [-0.2, -0.15) is 0 Å². The molecular weight excluding hydrogens is 168 g/mol. The first-order chi connectivity index (χ1) is 6.68. The molecule has 0 atom stereocenters. The van der Waals surface area contributed by atoms with Gasteiger partial charge >= 0.3 is 0 Å². The molecule has 0 nitrogen and oxygen atoms in total. The lowest BCUT2D eigenvalue weighted by Gasteiger charge is -1.91. The van der Waals surface area contributed by atoms with Crippen molar-refractivity contribution in [3.63, 3.8) is 0 Å². The average molecular weight is 196 g/mol. The third-order valence-electron chi connectivity index (χ3n) is 1.94. The van der Waals surface area contributed by atoms with Gasteiger partial charge in [-0.3, -0.25) is 0 Å². The smallest absolute Gasteiger partial charge is 0.0328 e. The maximum Gasteiger partial charge on any atom is -0.0328 e. The van der Waals surface area contributed by atoms with Crippen LogP contribution in [0.3, 0.4) is 0 Å². The van der Waals surface area contributed by atoms with Crippen LogP contribution in [-0.4, -0.2) is 0 Å². The molecule has 0 heterocycles. The van der Waals surface area contributed by atoms with Gasteiger partial charge in [0.15, 0.2) is 0 Å². The molecule has 0 fully saturated rings. The molecule has 0 saturated carbocycles. The lowest BCUT2D eigenvalue weighted by Crippen LogP contribution is -1.71. The zero-order valence-electron chi connectivity index (χ0n) is 10.4. The molecule has 0 aromatic rings. The van der Waals surface area contributed by atoms with Crippen molar-refractivity contribution >= 4 is 0 Å². The molecule has 0 spiro atoms. The Morgan fingerprint density at radius 2 is 1.71 bits per heavy atom. The summed E-state index contributed by atoms with van der Waals surface area (Å²) in [5.74, 6) is 0. The molecule has 0 amide bonds. The molecule has 0 N–H and O–H groups in total. The van der Waals surface area contributed by atoms with Crippen LogP contribution in [0.4, 0.5) is 0 Å². The van der Waals surface area contributed by atoms with E-state index < -0.39 is 0 Å². The maximum atomic E-state index is 3.74. The Kier molecular flexibility index (Phi) is 17.0. The molecule has 0 aliphatic heterocycles. The van der Waals surface area contributed by atoms with E-state index in [0.717, 1.165) is 0 Å². The summed E-state index contributed by atoms with van der Waals surface area (Å²) >= 11 is 0. The highest BCUT2D eigenvalue weighted by Gasteiger charge is 1.81. The molecule has 84 valence electrons. The predicted octanol–water partition coefficient (Wildman–Crippen LogP) is 5.51. The van der Waals surface area contributed by atoms with Crippen molar-refractivity contribution in [2.24, 2.45) is 0 Å². The van der Waals surface area contributed by atoms with Gasteiger partial charge in [-0.1, -0.05) is 51.2 Å². The van der Waals surface area contributed by atoms with E-state index in [-0.39, 0.29) is 0 Å². The van der Waals surface area contributed by atoms with Crippen molar-refractivity contribution in [2.75, 3.05) is 0 Å². The highest BCUT2D eigenvalue weighted by Crippen LogP contribution is 2.01. The summed E-state index contributed by atoms with van der Waals surface area (Å²) in [6, 6.07) is 0. The van der Waals surface area contributed by atoms with Gasteiger partial charge in [-0.15, -0.1) is 13.2 Å². The Bertz CT molecular complexity index is 122. The second-order valence-corrected chi connectivity index (χ2v) is 3.85. The summed E-state index contributed by atoms with van der Waals surface area (Å²) in [6.07, 6.45) is 11.0. The first-order valence-corrected chi connectivity index (χ1v) is 5.94. The predicted molar refractivity (Wildman–Crippen MR) is 68.7 cm³/mol. The number of unbranched alkanes of at least 4 members (excludes halogenated alkanes) is 4. The molecule has 0 bridgehead atoms. The summed E-state index contributed by atoms with van der Waals surface area (Å²) in [6.45, 7) is 13.9. The van der Waals surface area contributed by atoms with Gasteiger partial charge in [0.05, 0.1) is 0 Å². The van der Waals surface area contributed by atoms with Crippen molar-refractivity contribution in [3.8, 4) is 0 Å². The van der Waals surface area contributed by atoms with Crippen LogP contribution in [0.25, 0.3) is 0 Å². The van der Waals surface area contributed by atoms with E-state index >= 15 is 0 Å².